The van der Waals surface area contributed by atoms with Crippen molar-refractivity contribution in [1.82, 2.24) is 10.3 Å². The number of carbonyl (C=O) groups excluding carboxylic acids is 1. The predicted octanol–water partition coefficient (Wildman–Crippen LogP) is 2.37. The molecule has 0 aromatic carbocycles. The quantitative estimate of drug-likeness (QED) is 0.769. The first-order valence-corrected chi connectivity index (χ1v) is 7.39. The lowest BCUT2D eigenvalue weighted by Crippen LogP contribution is -2.39. The van der Waals surface area contributed by atoms with Crippen LogP contribution in [0.5, 0.6) is 0 Å². The highest BCUT2D eigenvalue weighted by Crippen LogP contribution is 2.18. The van der Waals surface area contributed by atoms with E-state index in [0.717, 1.165) is 18.1 Å². The lowest BCUT2D eigenvalue weighted by atomic mass is 10.0. The maximum Gasteiger partial charge on any atom is 0.263 e. The lowest BCUT2D eigenvalue weighted by molar-refractivity contribution is 0.0913. The summed E-state index contributed by atoms with van der Waals surface area (Å²) in [6, 6.07) is 0.122. The van der Waals surface area contributed by atoms with Crippen LogP contribution < -0.4 is 10.6 Å². The fourth-order valence-corrected chi connectivity index (χ4v) is 2.46. The molecule has 0 bridgehead atoms. The van der Waals surface area contributed by atoms with Crippen LogP contribution in [0.4, 0.5) is 5.13 Å². The Bertz CT molecular complexity index is 393. The molecular weight excluding hydrogens is 262 g/mol. The molecule has 1 unspecified atom stereocenters. The van der Waals surface area contributed by atoms with E-state index in [2.05, 4.69) is 29.5 Å². The third-order valence-corrected chi connectivity index (χ3v) is 3.77. The molecule has 1 heterocycles. The molecule has 0 radical (unpaired) electrons. The summed E-state index contributed by atoms with van der Waals surface area (Å²) < 4.78 is 5.07. The monoisotopic (exact) mass is 285 g/mol. The fourth-order valence-electron chi connectivity index (χ4n) is 1.67. The highest BCUT2D eigenvalue weighted by molar-refractivity contribution is 7.17. The topological polar surface area (TPSA) is 63.2 Å². The highest BCUT2D eigenvalue weighted by atomic mass is 32.1. The third kappa shape index (κ3) is 5.16. The summed E-state index contributed by atoms with van der Waals surface area (Å²) in [6.45, 7) is 7.64. The summed E-state index contributed by atoms with van der Waals surface area (Å²) in [7, 11) is 1.67. The van der Waals surface area contributed by atoms with Crippen LogP contribution in [0.1, 0.15) is 36.9 Å². The van der Waals surface area contributed by atoms with Crippen LogP contribution in [-0.4, -0.2) is 37.2 Å². The van der Waals surface area contributed by atoms with Crippen molar-refractivity contribution in [3.8, 4) is 0 Å². The minimum Gasteiger partial charge on any atom is -0.385 e. The molecule has 108 valence electrons. The second-order valence-corrected chi connectivity index (χ2v) is 5.70. The van der Waals surface area contributed by atoms with Gasteiger partial charge in [0.05, 0.1) is 6.20 Å². The van der Waals surface area contributed by atoms with Gasteiger partial charge in [-0.15, -0.1) is 0 Å². The molecule has 0 aliphatic rings. The standard InChI is InChI=1S/C13H23N3O2S/c1-5-14-13-15-8-11(19-13)12(17)16-10(9(2)3)6-7-18-4/h8-10H,5-7H2,1-4H3,(H,14,15)(H,16,17). The van der Waals surface area contributed by atoms with Gasteiger partial charge < -0.3 is 15.4 Å². The van der Waals surface area contributed by atoms with Crippen molar-refractivity contribution in [3.63, 3.8) is 0 Å². The number of rotatable bonds is 8. The molecule has 2 N–H and O–H groups in total. The van der Waals surface area contributed by atoms with E-state index in [1.165, 1.54) is 11.3 Å². The lowest BCUT2D eigenvalue weighted by Gasteiger charge is -2.21. The van der Waals surface area contributed by atoms with Gasteiger partial charge in [-0.1, -0.05) is 25.2 Å². The summed E-state index contributed by atoms with van der Waals surface area (Å²) in [4.78, 5) is 16.9. The summed E-state index contributed by atoms with van der Waals surface area (Å²) in [5, 5.41) is 6.93. The number of methoxy groups -OCH3 is 1. The van der Waals surface area contributed by atoms with E-state index < -0.39 is 0 Å². The molecule has 1 atom stereocenters. The zero-order valence-corrected chi connectivity index (χ0v) is 12.8. The van der Waals surface area contributed by atoms with Gasteiger partial charge in [-0.05, 0) is 19.3 Å². The van der Waals surface area contributed by atoms with Crippen molar-refractivity contribution in [3.05, 3.63) is 11.1 Å². The Morgan fingerprint density at radius 2 is 2.26 bits per heavy atom. The first kappa shape index (κ1) is 15.9. The number of amides is 1. The maximum absolute atomic E-state index is 12.1. The number of hydrogen-bond donors (Lipinski definition) is 2. The van der Waals surface area contributed by atoms with Crippen LogP contribution in [0.15, 0.2) is 6.20 Å². The van der Waals surface area contributed by atoms with E-state index in [1.54, 1.807) is 13.3 Å². The number of carbonyl (C=O) groups is 1. The number of nitrogens with one attached hydrogen (secondary N) is 2. The molecule has 0 aliphatic carbocycles. The van der Waals surface area contributed by atoms with E-state index in [0.29, 0.717) is 17.4 Å². The number of thiazole rings is 1. The molecule has 0 saturated carbocycles. The van der Waals surface area contributed by atoms with Gasteiger partial charge in [-0.2, -0.15) is 0 Å². The Hall–Kier alpha value is -1.14. The van der Waals surface area contributed by atoms with Crippen molar-refractivity contribution in [2.75, 3.05) is 25.6 Å². The van der Waals surface area contributed by atoms with Crippen molar-refractivity contribution in [2.24, 2.45) is 5.92 Å². The maximum atomic E-state index is 12.1. The van der Waals surface area contributed by atoms with Gasteiger partial charge in [0.2, 0.25) is 0 Å². The predicted molar refractivity (Wildman–Crippen MR) is 78.9 cm³/mol. The van der Waals surface area contributed by atoms with Gasteiger partial charge in [0, 0.05) is 26.3 Å². The van der Waals surface area contributed by atoms with Crippen LogP contribution >= 0.6 is 11.3 Å². The molecule has 1 aromatic heterocycles. The number of anilines is 1. The molecule has 5 nitrogen and oxygen atoms in total. The van der Waals surface area contributed by atoms with Gasteiger partial charge in [0.25, 0.3) is 5.91 Å². The first-order chi connectivity index (χ1) is 9.08. The minimum absolute atomic E-state index is 0.0588. The minimum atomic E-state index is -0.0588. The Kier molecular flexibility index (Phi) is 6.80. The van der Waals surface area contributed by atoms with Gasteiger partial charge in [-0.3, -0.25) is 4.79 Å². The molecule has 6 heteroatoms. The highest BCUT2D eigenvalue weighted by Gasteiger charge is 2.18. The number of ether oxygens (including phenoxy) is 1. The molecule has 0 aliphatic heterocycles. The third-order valence-electron chi connectivity index (χ3n) is 2.81. The van der Waals surface area contributed by atoms with Crippen molar-refractivity contribution >= 4 is 22.4 Å². The summed E-state index contributed by atoms with van der Waals surface area (Å²) >= 11 is 1.38. The number of hydrogen-bond acceptors (Lipinski definition) is 5. The molecule has 1 aromatic rings. The summed E-state index contributed by atoms with van der Waals surface area (Å²) in [6.07, 6.45) is 2.43. The summed E-state index contributed by atoms with van der Waals surface area (Å²) in [5.74, 6) is 0.316. The van der Waals surface area contributed by atoms with Crippen LogP contribution in [0.3, 0.4) is 0 Å². The summed E-state index contributed by atoms with van der Waals surface area (Å²) in [5.41, 5.74) is 0. The van der Waals surface area contributed by atoms with Crippen LogP contribution in [0, 0.1) is 5.92 Å². The average molecular weight is 285 g/mol. The Morgan fingerprint density at radius 1 is 1.53 bits per heavy atom. The Morgan fingerprint density at radius 3 is 2.84 bits per heavy atom. The van der Waals surface area contributed by atoms with E-state index in [1.807, 2.05) is 6.92 Å². The Labute approximate surface area is 118 Å². The first-order valence-electron chi connectivity index (χ1n) is 6.58. The molecule has 0 saturated heterocycles. The van der Waals surface area contributed by atoms with Crippen LogP contribution in [-0.2, 0) is 4.74 Å². The molecular formula is C13H23N3O2S. The van der Waals surface area contributed by atoms with Crippen molar-refractivity contribution in [2.45, 2.75) is 33.2 Å². The van der Waals surface area contributed by atoms with Crippen molar-refractivity contribution in [1.29, 1.82) is 0 Å². The van der Waals surface area contributed by atoms with Gasteiger partial charge in [0.15, 0.2) is 5.13 Å². The molecule has 0 fully saturated rings. The zero-order valence-electron chi connectivity index (χ0n) is 12.0. The van der Waals surface area contributed by atoms with Crippen molar-refractivity contribution < 1.29 is 9.53 Å². The zero-order chi connectivity index (χ0) is 14.3. The normalized spacial score (nSPS) is 12.5. The van der Waals surface area contributed by atoms with Crippen LogP contribution in [0.2, 0.25) is 0 Å². The second-order valence-electron chi connectivity index (χ2n) is 4.67. The van der Waals surface area contributed by atoms with E-state index in [4.69, 9.17) is 4.74 Å². The largest absolute Gasteiger partial charge is 0.385 e. The SMILES string of the molecule is CCNc1ncc(C(=O)NC(CCOC)C(C)C)s1. The molecule has 0 spiro atoms. The molecule has 19 heavy (non-hydrogen) atoms. The van der Waals surface area contributed by atoms with E-state index >= 15 is 0 Å². The average Bonchev–Trinajstić information content (AvgIpc) is 2.83. The Balaban J connectivity index is 2.59. The van der Waals surface area contributed by atoms with E-state index in [9.17, 15) is 4.79 Å². The van der Waals surface area contributed by atoms with Gasteiger partial charge >= 0.3 is 0 Å². The van der Waals surface area contributed by atoms with Crippen LogP contribution in [0.25, 0.3) is 0 Å². The van der Waals surface area contributed by atoms with Gasteiger partial charge in [-0.25, -0.2) is 4.98 Å². The van der Waals surface area contributed by atoms with Gasteiger partial charge in [0.1, 0.15) is 4.88 Å². The molecule has 1 amide bonds. The van der Waals surface area contributed by atoms with E-state index in [-0.39, 0.29) is 11.9 Å². The molecule has 1 rings (SSSR count). The fraction of sp³-hybridized carbons (Fsp3) is 0.692. The number of aromatic nitrogens is 1. The second kappa shape index (κ2) is 8.12. The smallest absolute Gasteiger partial charge is 0.263 e. The number of nitrogens with zero attached hydrogens (tertiary/aromatic N) is 1.